The number of hydrogen-bond donors (Lipinski definition) is 1. The van der Waals surface area contributed by atoms with Crippen molar-refractivity contribution in [2.75, 3.05) is 0 Å². The summed E-state index contributed by atoms with van der Waals surface area (Å²) >= 11 is 3.73. The van der Waals surface area contributed by atoms with Crippen LogP contribution in [-0.4, -0.2) is 15.9 Å². The number of aryl methyl sites for hydroxylation is 3. The van der Waals surface area contributed by atoms with Crippen LogP contribution < -0.4 is 0 Å². The van der Waals surface area contributed by atoms with Crippen LogP contribution in [0.25, 0.3) is 53.5 Å². The Morgan fingerprint density at radius 1 is 0.825 bits per heavy atom. The van der Waals surface area contributed by atoms with Crippen LogP contribution in [0.4, 0.5) is 0 Å². The minimum absolute atomic E-state index is 0. The summed E-state index contributed by atoms with van der Waals surface area (Å²) in [5.41, 5.74) is 8.21. The van der Waals surface area contributed by atoms with E-state index in [4.69, 9.17) is 4.98 Å². The number of pyridine rings is 1. The van der Waals surface area contributed by atoms with E-state index in [1.54, 1.807) is 11.3 Å². The first-order valence-corrected chi connectivity index (χ1v) is 22.3. The van der Waals surface area contributed by atoms with Crippen molar-refractivity contribution in [2.45, 2.75) is 134 Å². The summed E-state index contributed by atoms with van der Waals surface area (Å²) in [5.74, 6) is 0.917. The van der Waals surface area contributed by atoms with Gasteiger partial charge >= 0.3 is 0 Å². The average Bonchev–Trinajstić information content (AvgIpc) is 3.64. The Morgan fingerprint density at radius 2 is 1.46 bits per heavy atom. The number of nitrogens with zero attached hydrogens (tertiary/aromatic N) is 1. The molecule has 3 aromatic carbocycles. The molecule has 307 valence electrons. The molecule has 3 heterocycles. The van der Waals surface area contributed by atoms with Gasteiger partial charge in [-0.05, 0) is 104 Å². The molecule has 0 bridgehead atoms. The van der Waals surface area contributed by atoms with Gasteiger partial charge in [0.05, 0.1) is 0 Å². The van der Waals surface area contributed by atoms with Gasteiger partial charge in [0, 0.05) is 62.5 Å². The Bertz CT molecular complexity index is 2400. The second-order valence-electron chi connectivity index (χ2n) is 17.8. The normalized spacial score (nSPS) is 12.6. The molecule has 0 aliphatic rings. The monoisotopic (exact) mass is 979 g/mol. The van der Waals surface area contributed by atoms with Crippen LogP contribution in [0.2, 0.25) is 0 Å². The van der Waals surface area contributed by atoms with Gasteiger partial charge in [0.15, 0.2) is 5.78 Å². The van der Waals surface area contributed by atoms with E-state index in [9.17, 15) is 9.90 Å². The molecule has 0 spiro atoms. The molecule has 6 rings (SSSR count). The summed E-state index contributed by atoms with van der Waals surface area (Å²) in [4.78, 5) is 21.3. The van der Waals surface area contributed by atoms with Gasteiger partial charge in [0.25, 0.3) is 0 Å². The van der Waals surface area contributed by atoms with Gasteiger partial charge in [0.1, 0.15) is 10.6 Å². The number of aliphatic hydroxyl groups excluding tert-OH is 1. The van der Waals surface area contributed by atoms with Crippen LogP contribution in [0.3, 0.4) is 0 Å². The first kappa shape index (κ1) is 46.5. The molecule has 0 aliphatic heterocycles. The number of carbonyl (C=O) groups excluding carboxylic acids is 1. The Balaban J connectivity index is 0.000000341. The molecule has 0 aliphatic carbocycles. The zero-order valence-electron chi connectivity index (χ0n) is 36.8. The van der Waals surface area contributed by atoms with Crippen molar-refractivity contribution in [1.29, 1.82) is 0 Å². The van der Waals surface area contributed by atoms with Crippen LogP contribution >= 0.6 is 22.7 Å². The van der Waals surface area contributed by atoms with Gasteiger partial charge in [-0.2, -0.15) is 0 Å². The quantitative estimate of drug-likeness (QED) is 0.0799. The fraction of sp³-hybridized carbons (Fsp3) is 0.451. The predicted octanol–water partition coefficient (Wildman–Crippen LogP) is 15.9. The van der Waals surface area contributed by atoms with Crippen molar-refractivity contribution in [1.82, 2.24) is 4.98 Å². The number of hydrogen-bond acceptors (Lipinski definition) is 5. The Morgan fingerprint density at radius 3 is 2.05 bits per heavy atom. The van der Waals surface area contributed by atoms with Gasteiger partial charge in [-0.15, -0.1) is 51.8 Å². The molecule has 0 atom stereocenters. The minimum Gasteiger partial charge on any atom is -0.512 e. The number of allylic oxidation sites excluding steroid dienone is 2. The maximum Gasteiger partial charge on any atom is 0.164 e. The van der Waals surface area contributed by atoms with Crippen molar-refractivity contribution < 1.29 is 30.0 Å². The second kappa shape index (κ2) is 18.4. The zero-order valence-corrected chi connectivity index (χ0v) is 40.9. The first-order chi connectivity index (χ1) is 26.3. The standard InChI is InChI=1S/C36H36NS2.C15H28O2.Ir/c1-20(2)15-28-23(5)38-33-14-13-25(17-30(28)33)29-19-32(37-35-34(29)21(3)22(4)39-35)26-16-24-11-9-10-12-27(24)31(18-26)36(6,7)8;1-7-14(5,8-2)12(16)11-13(17)15(6,9-3)10-4;/h9-14,17-20H,15H2,1-8H3;11,16H,7-10H2,1-6H3;/q-1;;/b;12-11-;. The van der Waals surface area contributed by atoms with Crippen molar-refractivity contribution >= 4 is 59.5 Å². The number of aliphatic hydroxyl groups is 1. The van der Waals surface area contributed by atoms with Gasteiger partial charge < -0.3 is 5.11 Å². The Labute approximate surface area is 364 Å². The minimum atomic E-state index is -0.337. The summed E-state index contributed by atoms with van der Waals surface area (Å²) in [6.45, 7) is 30.3. The summed E-state index contributed by atoms with van der Waals surface area (Å²) in [6, 6.07) is 24.1. The third kappa shape index (κ3) is 9.67. The molecular formula is C51H64IrNO2S2-. The van der Waals surface area contributed by atoms with Crippen LogP contribution in [0.15, 0.2) is 66.4 Å². The smallest absolute Gasteiger partial charge is 0.164 e. The first-order valence-electron chi connectivity index (χ1n) is 20.6. The summed E-state index contributed by atoms with van der Waals surface area (Å²) in [7, 11) is 0. The Hall–Kier alpha value is -3.15. The molecule has 0 saturated heterocycles. The number of benzene rings is 3. The summed E-state index contributed by atoms with van der Waals surface area (Å²) < 4.78 is 1.38. The van der Waals surface area contributed by atoms with Crippen molar-refractivity contribution in [3.05, 3.63) is 98.9 Å². The number of thiophene rings is 2. The van der Waals surface area contributed by atoms with E-state index in [0.717, 1.165) is 53.6 Å². The third-order valence-corrected chi connectivity index (χ3v) is 14.7. The molecule has 6 aromatic rings. The van der Waals surface area contributed by atoms with Crippen LogP contribution in [0.5, 0.6) is 0 Å². The van der Waals surface area contributed by atoms with E-state index >= 15 is 0 Å². The molecule has 0 unspecified atom stereocenters. The van der Waals surface area contributed by atoms with E-state index in [1.807, 2.05) is 52.9 Å². The van der Waals surface area contributed by atoms with E-state index < -0.39 is 0 Å². The molecule has 3 nitrogen and oxygen atoms in total. The number of fused-ring (bicyclic) bond motifs is 3. The van der Waals surface area contributed by atoms with E-state index in [1.165, 1.54) is 64.5 Å². The summed E-state index contributed by atoms with van der Waals surface area (Å²) in [6.07, 6.45) is 5.87. The third-order valence-electron chi connectivity index (χ3n) is 12.5. The number of ketones is 1. The zero-order chi connectivity index (χ0) is 41.3. The van der Waals surface area contributed by atoms with E-state index in [0.29, 0.717) is 5.92 Å². The number of carbonyl (C=O) groups is 1. The maximum atomic E-state index is 12.2. The second-order valence-corrected chi connectivity index (χ2v) is 20.2. The van der Waals surface area contributed by atoms with E-state index in [2.05, 4.69) is 116 Å². The molecule has 0 amide bonds. The van der Waals surface area contributed by atoms with Crippen molar-refractivity contribution in [3.8, 4) is 22.4 Å². The van der Waals surface area contributed by atoms with Crippen molar-refractivity contribution in [3.63, 3.8) is 0 Å². The molecule has 1 radical (unpaired) electrons. The molecule has 0 saturated carbocycles. The molecule has 0 fully saturated rings. The van der Waals surface area contributed by atoms with Gasteiger partial charge in [-0.25, -0.2) is 0 Å². The van der Waals surface area contributed by atoms with E-state index in [-0.39, 0.29) is 47.9 Å². The Kier molecular flexibility index (Phi) is 15.0. The van der Waals surface area contributed by atoms with Gasteiger partial charge in [-0.1, -0.05) is 117 Å². The fourth-order valence-corrected chi connectivity index (χ4v) is 9.62. The fourth-order valence-electron chi connectivity index (χ4n) is 7.49. The van der Waals surface area contributed by atoms with Gasteiger partial charge in [0.2, 0.25) is 0 Å². The van der Waals surface area contributed by atoms with Crippen molar-refractivity contribution in [2.24, 2.45) is 16.7 Å². The maximum absolute atomic E-state index is 12.2. The number of rotatable bonds is 11. The topological polar surface area (TPSA) is 50.2 Å². The predicted molar refractivity (Wildman–Crippen MR) is 247 cm³/mol. The average molecular weight is 979 g/mol. The number of aromatic nitrogens is 1. The van der Waals surface area contributed by atoms with Crippen LogP contribution in [0.1, 0.15) is 128 Å². The molecule has 6 heteroatoms. The van der Waals surface area contributed by atoms with Crippen LogP contribution in [-0.2, 0) is 36.7 Å². The largest absolute Gasteiger partial charge is 0.512 e. The van der Waals surface area contributed by atoms with Gasteiger partial charge in [-0.3, -0.25) is 9.78 Å². The molecule has 3 aromatic heterocycles. The molecular weight excluding hydrogens is 915 g/mol. The molecule has 1 N–H and O–H groups in total. The SMILES string of the molecule is CCC(C)(CC)C(=O)/C=C(\O)C(C)(CC)CC.Cc1sc2ccc(-c3cc(-c4[c-]c5ccccc5c(C(C)(C)C)c4)nc4sc(C)c(C)c34)cc2c1CC(C)C.[Ir]. The van der Waals surface area contributed by atoms with Crippen LogP contribution in [0, 0.1) is 43.6 Å². The molecule has 57 heavy (non-hydrogen) atoms. The summed E-state index contributed by atoms with van der Waals surface area (Å²) in [5, 5.41) is 15.3.